The minimum absolute atomic E-state index is 0.0356. The summed E-state index contributed by atoms with van der Waals surface area (Å²) >= 11 is 0. The first kappa shape index (κ1) is 24.5. The summed E-state index contributed by atoms with van der Waals surface area (Å²) in [6, 6.07) is 7.23. The number of rotatable bonds is 10. The van der Waals surface area contributed by atoms with Crippen molar-refractivity contribution < 1.29 is 24.6 Å². The molecule has 0 amide bonds. The second-order valence-corrected chi connectivity index (χ2v) is 6.74. The highest BCUT2D eigenvalue weighted by molar-refractivity contribution is 5.69. The fraction of sp³-hybridized carbons (Fsp3) is 0.632. The molecule has 0 saturated carbocycles. The summed E-state index contributed by atoms with van der Waals surface area (Å²) in [5.41, 5.74) is 7.30. The van der Waals surface area contributed by atoms with E-state index >= 15 is 0 Å². The van der Waals surface area contributed by atoms with Gasteiger partial charge >= 0.3 is 5.97 Å². The van der Waals surface area contributed by atoms with Gasteiger partial charge in [0, 0.05) is 25.6 Å². The lowest BCUT2D eigenvalue weighted by Crippen LogP contribution is -2.34. The maximum Gasteiger partial charge on any atom is 0.305 e. The van der Waals surface area contributed by atoms with Crippen molar-refractivity contribution in [2.75, 3.05) is 27.3 Å². The Labute approximate surface area is 156 Å². The number of carbonyl (C=O) groups is 1. The first-order valence-electron chi connectivity index (χ1n) is 8.71. The van der Waals surface area contributed by atoms with E-state index in [0.717, 1.165) is 24.0 Å². The zero-order chi connectivity index (χ0) is 20.0. The number of benzene rings is 1. The zero-order valence-electron chi connectivity index (χ0n) is 16.4. The number of carbonyl (C=O) groups excluding carboxylic acids is 1. The molecule has 0 unspecified atom stereocenters. The van der Waals surface area contributed by atoms with Crippen molar-refractivity contribution in [1.82, 2.24) is 5.06 Å². The van der Waals surface area contributed by atoms with Gasteiger partial charge in [-0.05, 0) is 37.8 Å². The van der Waals surface area contributed by atoms with Crippen LogP contribution in [0.2, 0.25) is 0 Å². The molecule has 0 radical (unpaired) electrons. The Bertz CT molecular complexity index is 484. The van der Waals surface area contributed by atoms with Crippen molar-refractivity contribution >= 4 is 5.97 Å². The fourth-order valence-electron chi connectivity index (χ4n) is 1.90. The molecule has 26 heavy (non-hydrogen) atoms. The van der Waals surface area contributed by atoms with E-state index in [2.05, 4.69) is 4.74 Å². The third kappa shape index (κ3) is 13.7. The van der Waals surface area contributed by atoms with Gasteiger partial charge in [0.15, 0.2) is 0 Å². The van der Waals surface area contributed by atoms with Crippen LogP contribution in [0, 0.1) is 0 Å². The summed E-state index contributed by atoms with van der Waals surface area (Å²) in [4.78, 5) is 16.3. The monoisotopic (exact) mass is 370 g/mol. The van der Waals surface area contributed by atoms with Crippen LogP contribution in [0.3, 0.4) is 0 Å². The van der Waals surface area contributed by atoms with E-state index in [9.17, 15) is 4.79 Å². The first-order chi connectivity index (χ1) is 12.2. The molecule has 1 aromatic carbocycles. The maximum atomic E-state index is 10.8. The molecule has 0 heterocycles. The number of nitrogens with two attached hydrogens (primary N) is 1. The summed E-state index contributed by atoms with van der Waals surface area (Å²) in [6.45, 7) is 5.31. The quantitative estimate of drug-likeness (QED) is 0.424. The Hall–Kier alpha value is -1.51. The average Bonchev–Trinajstić information content (AvgIpc) is 2.61. The van der Waals surface area contributed by atoms with E-state index in [1.807, 2.05) is 39.1 Å². The largest absolute Gasteiger partial charge is 0.469 e. The molecule has 0 spiro atoms. The molecule has 1 aromatic rings. The number of esters is 1. The molecule has 150 valence electrons. The number of ether oxygens (including phenoxy) is 1. The van der Waals surface area contributed by atoms with E-state index in [1.54, 1.807) is 11.1 Å². The van der Waals surface area contributed by atoms with Gasteiger partial charge in [-0.2, -0.15) is 5.06 Å². The SMILES string of the molecule is COC(=O)CCCN(C)OCCC(C)(C)N.OCc1cccc(CO)c1. The normalized spacial score (nSPS) is 11.1. The summed E-state index contributed by atoms with van der Waals surface area (Å²) < 4.78 is 4.54. The molecule has 0 aliphatic heterocycles. The number of nitrogens with zero attached hydrogens (tertiary/aromatic N) is 1. The number of hydrogen-bond acceptors (Lipinski definition) is 7. The third-order valence-corrected chi connectivity index (χ3v) is 3.50. The van der Waals surface area contributed by atoms with Crippen molar-refractivity contribution in [2.45, 2.75) is 51.9 Å². The molecule has 0 aliphatic rings. The Morgan fingerprint density at radius 2 is 1.81 bits per heavy atom. The molecular formula is C19H34N2O5. The summed E-state index contributed by atoms with van der Waals surface area (Å²) in [5.74, 6) is -0.184. The summed E-state index contributed by atoms with van der Waals surface area (Å²) in [6.07, 6.45) is 1.95. The van der Waals surface area contributed by atoms with Crippen molar-refractivity contribution in [3.05, 3.63) is 35.4 Å². The van der Waals surface area contributed by atoms with Gasteiger partial charge < -0.3 is 20.7 Å². The fourth-order valence-corrected chi connectivity index (χ4v) is 1.90. The van der Waals surface area contributed by atoms with Gasteiger partial charge in [0.25, 0.3) is 0 Å². The molecule has 0 aromatic heterocycles. The van der Waals surface area contributed by atoms with Crippen LogP contribution >= 0.6 is 0 Å². The lowest BCUT2D eigenvalue weighted by molar-refractivity contribution is -0.148. The van der Waals surface area contributed by atoms with Gasteiger partial charge in [0.05, 0.1) is 26.9 Å². The first-order valence-corrected chi connectivity index (χ1v) is 8.71. The molecular weight excluding hydrogens is 336 g/mol. The number of hydrogen-bond donors (Lipinski definition) is 3. The topological polar surface area (TPSA) is 105 Å². The Morgan fingerprint density at radius 3 is 2.27 bits per heavy atom. The molecule has 7 heteroatoms. The molecule has 0 fully saturated rings. The molecule has 1 rings (SSSR count). The predicted octanol–water partition coefficient (Wildman–Crippen LogP) is 1.60. The number of hydroxylamine groups is 2. The van der Waals surface area contributed by atoms with Crippen LogP contribution in [0.1, 0.15) is 44.2 Å². The van der Waals surface area contributed by atoms with Crippen molar-refractivity contribution in [3.63, 3.8) is 0 Å². The second kappa shape index (κ2) is 13.7. The van der Waals surface area contributed by atoms with Gasteiger partial charge in [-0.25, -0.2) is 0 Å². The van der Waals surface area contributed by atoms with Crippen LogP contribution in [-0.4, -0.2) is 54.1 Å². The van der Waals surface area contributed by atoms with Gasteiger partial charge in [-0.1, -0.05) is 24.3 Å². The lowest BCUT2D eigenvalue weighted by atomic mass is 10.0. The smallest absolute Gasteiger partial charge is 0.305 e. The van der Waals surface area contributed by atoms with Crippen LogP contribution in [-0.2, 0) is 27.6 Å². The molecule has 0 bridgehead atoms. The third-order valence-electron chi connectivity index (χ3n) is 3.50. The van der Waals surface area contributed by atoms with E-state index in [0.29, 0.717) is 19.6 Å². The van der Waals surface area contributed by atoms with Gasteiger partial charge in [0.2, 0.25) is 0 Å². The molecule has 4 N–H and O–H groups in total. The zero-order valence-corrected chi connectivity index (χ0v) is 16.4. The van der Waals surface area contributed by atoms with Crippen LogP contribution in [0.25, 0.3) is 0 Å². The van der Waals surface area contributed by atoms with Gasteiger partial charge in [-0.15, -0.1) is 0 Å². The molecule has 0 aliphatic carbocycles. The maximum absolute atomic E-state index is 10.8. The van der Waals surface area contributed by atoms with Gasteiger partial charge in [-0.3, -0.25) is 9.63 Å². The van der Waals surface area contributed by atoms with E-state index in [-0.39, 0.29) is 24.7 Å². The lowest BCUT2D eigenvalue weighted by Gasteiger charge is -2.21. The number of aliphatic hydroxyl groups excluding tert-OH is 2. The highest BCUT2D eigenvalue weighted by Gasteiger charge is 2.11. The van der Waals surface area contributed by atoms with Crippen LogP contribution in [0.4, 0.5) is 0 Å². The van der Waals surface area contributed by atoms with E-state index < -0.39 is 0 Å². The molecule has 0 saturated heterocycles. The van der Waals surface area contributed by atoms with Crippen LogP contribution < -0.4 is 5.73 Å². The predicted molar refractivity (Wildman–Crippen MR) is 101 cm³/mol. The minimum Gasteiger partial charge on any atom is -0.469 e. The highest BCUT2D eigenvalue weighted by Crippen LogP contribution is 2.05. The van der Waals surface area contributed by atoms with Crippen molar-refractivity contribution in [1.29, 1.82) is 0 Å². The number of aliphatic hydroxyl groups is 2. The molecule has 0 atom stereocenters. The Balaban J connectivity index is 0.000000531. The summed E-state index contributed by atoms with van der Waals surface area (Å²) in [5, 5.41) is 19.1. The van der Waals surface area contributed by atoms with E-state index in [1.165, 1.54) is 7.11 Å². The molecule has 7 nitrogen and oxygen atoms in total. The number of methoxy groups -OCH3 is 1. The van der Waals surface area contributed by atoms with Crippen molar-refractivity contribution in [2.24, 2.45) is 5.73 Å². The Morgan fingerprint density at radius 1 is 1.23 bits per heavy atom. The standard InChI is InChI=1S/C11H24N2O3.C8H10O2/c1-11(2,12)7-9-16-13(3)8-5-6-10(14)15-4;9-5-7-2-1-3-8(4-7)6-10/h5-9,12H2,1-4H3;1-4,9-10H,5-6H2. The Kier molecular flexibility index (Phi) is 12.9. The van der Waals surface area contributed by atoms with E-state index in [4.69, 9.17) is 20.8 Å². The minimum atomic E-state index is -0.202. The van der Waals surface area contributed by atoms with Crippen LogP contribution in [0.5, 0.6) is 0 Å². The van der Waals surface area contributed by atoms with Crippen LogP contribution in [0.15, 0.2) is 24.3 Å². The average molecular weight is 370 g/mol. The highest BCUT2D eigenvalue weighted by atomic mass is 16.7. The summed E-state index contributed by atoms with van der Waals surface area (Å²) in [7, 11) is 3.24. The second-order valence-electron chi connectivity index (χ2n) is 6.74. The van der Waals surface area contributed by atoms with Crippen molar-refractivity contribution in [3.8, 4) is 0 Å². The van der Waals surface area contributed by atoms with Gasteiger partial charge in [0.1, 0.15) is 0 Å².